The van der Waals surface area contributed by atoms with Gasteiger partial charge in [-0.15, -0.1) is 0 Å². The largest absolute Gasteiger partial charge is 0.241 e. The Morgan fingerprint density at radius 1 is 1.00 bits per heavy atom. The van der Waals surface area contributed by atoms with Crippen molar-refractivity contribution in [2.75, 3.05) is 0 Å². The van der Waals surface area contributed by atoms with Crippen LogP contribution in [0.4, 0.5) is 0 Å². The fourth-order valence-corrected chi connectivity index (χ4v) is 2.94. The van der Waals surface area contributed by atoms with Gasteiger partial charge in [-0.2, -0.15) is 0 Å². The van der Waals surface area contributed by atoms with E-state index in [-0.39, 0.29) is 0 Å². The molecule has 0 unspecified atom stereocenters. The number of hydrogen-bond donors (Lipinski definition) is 0. The van der Waals surface area contributed by atoms with E-state index < -0.39 is 0 Å². The Bertz CT molecular complexity index is 600. The highest BCUT2D eigenvalue weighted by Gasteiger charge is 2.25. The summed E-state index contributed by atoms with van der Waals surface area (Å²) in [6.45, 7) is 0. The van der Waals surface area contributed by atoms with Crippen LogP contribution in [-0.2, 0) is 12.8 Å². The molecule has 2 heteroatoms. The number of aryl methyl sites for hydroxylation is 2. The van der Waals surface area contributed by atoms with Crippen molar-refractivity contribution in [3.05, 3.63) is 47.4 Å². The average molecular weight is 236 g/mol. The third-order valence-corrected chi connectivity index (χ3v) is 4.29. The van der Waals surface area contributed by atoms with E-state index in [1.165, 1.54) is 41.6 Å². The lowest BCUT2D eigenvalue weighted by molar-refractivity contribution is 0.401. The third-order valence-electron chi connectivity index (χ3n) is 4.29. The Morgan fingerprint density at radius 2 is 1.83 bits per heavy atom. The molecule has 18 heavy (non-hydrogen) atoms. The van der Waals surface area contributed by atoms with Crippen molar-refractivity contribution in [1.82, 2.24) is 9.97 Å². The van der Waals surface area contributed by atoms with E-state index in [1.807, 2.05) is 0 Å². The lowest BCUT2D eigenvalue weighted by Gasteiger charge is -2.26. The number of aromatic nitrogens is 2. The van der Waals surface area contributed by atoms with E-state index >= 15 is 0 Å². The van der Waals surface area contributed by atoms with Gasteiger partial charge in [0.1, 0.15) is 5.82 Å². The predicted molar refractivity (Wildman–Crippen MR) is 71.5 cm³/mol. The monoisotopic (exact) mass is 236 g/mol. The first-order valence-corrected chi connectivity index (χ1v) is 6.86. The summed E-state index contributed by atoms with van der Waals surface area (Å²) in [5.41, 5.74) is 5.26. The van der Waals surface area contributed by atoms with Gasteiger partial charge in [0.2, 0.25) is 0 Å². The van der Waals surface area contributed by atoms with Crippen molar-refractivity contribution in [2.45, 2.75) is 38.0 Å². The number of rotatable bonds is 1. The number of fused-ring (bicyclic) bond motifs is 3. The molecule has 4 rings (SSSR count). The molecule has 1 aromatic carbocycles. The molecule has 90 valence electrons. The van der Waals surface area contributed by atoms with Crippen molar-refractivity contribution in [1.29, 1.82) is 0 Å². The zero-order valence-corrected chi connectivity index (χ0v) is 10.4. The van der Waals surface area contributed by atoms with Gasteiger partial charge in [-0.25, -0.2) is 9.97 Å². The Balaban J connectivity index is 1.85. The van der Waals surface area contributed by atoms with Crippen molar-refractivity contribution in [3.63, 3.8) is 0 Å². The lowest BCUT2D eigenvalue weighted by atomic mass is 9.84. The van der Waals surface area contributed by atoms with Gasteiger partial charge in [0.25, 0.3) is 0 Å². The van der Waals surface area contributed by atoms with Gasteiger partial charge in [0.05, 0.1) is 5.69 Å². The first-order valence-electron chi connectivity index (χ1n) is 6.86. The fraction of sp³-hybridized carbons (Fsp3) is 0.375. The van der Waals surface area contributed by atoms with Crippen LogP contribution in [0.3, 0.4) is 0 Å². The summed E-state index contributed by atoms with van der Waals surface area (Å²) in [6, 6.07) is 8.66. The smallest absolute Gasteiger partial charge is 0.132 e. The Labute approximate surface area is 107 Å². The summed E-state index contributed by atoms with van der Waals surface area (Å²) in [7, 11) is 0. The number of benzene rings is 1. The van der Waals surface area contributed by atoms with Gasteiger partial charge in [0, 0.05) is 17.7 Å². The summed E-state index contributed by atoms with van der Waals surface area (Å²) in [5, 5.41) is 0. The minimum Gasteiger partial charge on any atom is -0.241 e. The van der Waals surface area contributed by atoms with E-state index in [2.05, 4.69) is 35.4 Å². The van der Waals surface area contributed by atoms with Crippen LogP contribution >= 0.6 is 0 Å². The first-order chi connectivity index (χ1) is 8.92. The number of nitrogens with zero attached hydrogens (tertiary/aromatic N) is 2. The zero-order chi connectivity index (χ0) is 11.9. The van der Waals surface area contributed by atoms with Gasteiger partial charge in [-0.1, -0.05) is 30.7 Å². The highest BCUT2D eigenvalue weighted by molar-refractivity contribution is 5.69. The molecule has 0 N–H and O–H groups in total. The maximum absolute atomic E-state index is 4.87. The lowest BCUT2D eigenvalue weighted by Crippen LogP contribution is -2.15. The van der Waals surface area contributed by atoms with E-state index in [0.29, 0.717) is 5.92 Å². The van der Waals surface area contributed by atoms with Crippen LogP contribution in [0.2, 0.25) is 0 Å². The molecular formula is C16H16N2. The maximum Gasteiger partial charge on any atom is 0.132 e. The molecular weight excluding hydrogens is 220 g/mol. The van der Waals surface area contributed by atoms with Crippen LogP contribution in [0.15, 0.2) is 30.5 Å². The molecule has 0 amide bonds. The summed E-state index contributed by atoms with van der Waals surface area (Å²) in [4.78, 5) is 9.44. The van der Waals surface area contributed by atoms with Crippen LogP contribution in [0.5, 0.6) is 0 Å². The molecule has 0 saturated heterocycles. The highest BCUT2D eigenvalue weighted by atomic mass is 14.9. The van der Waals surface area contributed by atoms with Crippen molar-refractivity contribution in [2.24, 2.45) is 0 Å². The molecule has 1 fully saturated rings. The Hall–Kier alpha value is -1.70. The molecule has 2 aliphatic rings. The summed E-state index contributed by atoms with van der Waals surface area (Å²) in [6.07, 6.45) is 8.13. The summed E-state index contributed by atoms with van der Waals surface area (Å²) < 4.78 is 0. The zero-order valence-electron chi connectivity index (χ0n) is 10.4. The molecule has 0 atom stereocenters. The van der Waals surface area contributed by atoms with Crippen LogP contribution < -0.4 is 0 Å². The van der Waals surface area contributed by atoms with E-state index in [0.717, 1.165) is 18.7 Å². The van der Waals surface area contributed by atoms with Gasteiger partial charge >= 0.3 is 0 Å². The topological polar surface area (TPSA) is 25.8 Å². The minimum atomic E-state index is 0.615. The predicted octanol–water partition coefficient (Wildman–Crippen LogP) is 3.51. The molecule has 0 radical (unpaired) electrons. The second-order valence-corrected chi connectivity index (χ2v) is 5.39. The third kappa shape index (κ3) is 1.48. The molecule has 0 spiro atoms. The molecule has 1 saturated carbocycles. The quantitative estimate of drug-likeness (QED) is 0.757. The van der Waals surface area contributed by atoms with Crippen LogP contribution in [0.25, 0.3) is 11.3 Å². The normalized spacial score (nSPS) is 17.8. The molecule has 1 aromatic heterocycles. The summed E-state index contributed by atoms with van der Waals surface area (Å²) in [5.74, 6) is 1.68. The Kier molecular flexibility index (Phi) is 2.22. The second kappa shape index (κ2) is 3.91. The first kappa shape index (κ1) is 10.2. The maximum atomic E-state index is 4.87. The average Bonchev–Trinajstić information content (AvgIpc) is 2.36. The minimum absolute atomic E-state index is 0.615. The highest BCUT2D eigenvalue weighted by Crippen LogP contribution is 2.37. The van der Waals surface area contributed by atoms with E-state index in [1.54, 1.807) is 0 Å². The second-order valence-electron chi connectivity index (χ2n) is 5.39. The number of hydrogen-bond acceptors (Lipinski definition) is 2. The standard InChI is InChI=1S/C16H16N2/c1-2-7-14-11(4-1)8-9-13-10-17-16(18-15(13)14)12-5-3-6-12/h1-2,4,7,10,12H,3,5-6,8-9H2. The Morgan fingerprint density at radius 3 is 2.67 bits per heavy atom. The van der Waals surface area contributed by atoms with Crippen LogP contribution in [0.1, 0.15) is 42.1 Å². The van der Waals surface area contributed by atoms with Crippen LogP contribution in [0, 0.1) is 0 Å². The van der Waals surface area contributed by atoms with E-state index in [9.17, 15) is 0 Å². The fourth-order valence-electron chi connectivity index (χ4n) is 2.94. The van der Waals surface area contributed by atoms with Gasteiger partial charge < -0.3 is 0 Å². The summed E-state index contributed by atoms with van der Waals surface area (Å²) >= 11 is 0. The molecule has 2 nitrogen and oxygen atoms in total. The van der Waals surface area contributed by atoms with Crippen molar-refractivity contribution in [3.8, 4) is 11.3 Å². The van der Waals surface area contributed by atoms with Crippen molar-refractivity contribution >= 4 is 0 Å². The SMILES string of the molecule is c1ccc2c(c1)CCc1cnc(C3CCC3)nc1-2. The van der Waals surface area contributed by atoms with Gasteiger partial charge in [0.15, 0.2) is 0 Å². The van der Waals surface area contributed by atoms with Crippen molar-refractivity contribution < 1.29 is 0 Å². The molecule has 0 aliphatic heterocycles. The van der Waals surface area contributed by atoms with Gasteiger partial charge in [-0.3, -0.25) is 0 Å². The molecule has 2 aliphatic carbocycles. The molecule has 2 aromatic rings. The molecule has 0 bridgehead atoms. The molecule has 1 heterocycles. The van der Waals surface area contributed by atoms with Gasteiger partial charge in [-0.05, 0) is 36.8 Å². The van der Waals surface area contributed by atoms with Crippen LogP contribution in [-0.4, -0.2) is 9.97 Å². The van der Waals surface area contributed by atoms with E-state index in [4.69, 9.17) is 4.98 Å².